The fraction of sp³-hybridized carbons (Fsp3) is 0.732. The van der Waals surface area contributed by atoms with Crippen LogP contribution in [0, 0.1) is 5.41 Å². The van der Waals surface area contributed by atoms with E-state index in [1.165, 1.54) is 94.3 Å². The van der Waals surface area contributed by atoms with E-state index in [0.717, 1.165) is 30.4 Å². The number of rotatable bonds is 27. The highest BCUT2D eigenvalue weighted by atomic mass is 31.2. The minimum atomic E-state index is -3.77. The smallest absolute Gasteiger partial charge is 0.460 e. The van der Waals surface area contributed by atoms with Crippen LogP contribution in [0.5, 0.6) is 0 Å². The molecule has 0 saturated heterocycles. The fourth-order valence-electron chi connectivity index (χ4n) is 5.86. The highest BCUT2D eigenvalue weighted by Gasteiger charge is 2.28. The summed E-state index contributed by atoms with van der Waals surface area (Å²) in [6.45, 7) is 14.2. The summed E-state index contributed by atoms with van der Waals surface area (Å²) in [5.74, 6) is -0.480. The number of ether oxygens (including phenoxy) is 1. The molecule has 0 saturated carbocycles. The number of hydrogen-bond donors (Lipinski definition) is 0. The van der Waals surface area contributed by atoms with E-state index in [-0.39, 0.29) is 25.2 Å². The number of phosphoric acid groups is 1. The van der Waals surface area contributed by atoms with Crippen molar-refractivity contribution in [3.8, 4) is 0 Å². The highest BCUT2D eigenvalue weighted by molar-refractivity contribution is 7.48. The average molecular weight is 707 g/mol. The van der Waals surface area contributed by atoms with Gasteiger partial charge in [-0.15, -0.1) is 0 Å². The summed E-state index contributed by atoms with van der Waals surface area (Å²) in [6.07, 6.45) is 30.3. The molecule has 0 radical (unpaired) electrons. The van der Waals surface area contributed by atoms with Crippen molar-refractivity contribution in [2.75, 3.05) is 54.1 Å². The Morgan fingerprint density at radius 3 is 1.96 bits per heavy atom. The number of carbonyl (C=O) groups excluding carboxylic acids is 1. The normalized spacial score (nSPS) is 17.3. The summed E-state index contributed by atoms with van der Waals surface area (Å²) < 4.78 is 36.2. The number of quaternary nitrogens is 1. The van der Waals surface area contributed by atoms with Crippen molar-refractivity contribution in [2.24, 2.45) is 5.41 Å². The summed E-state index contributed by atoms with van der Waals surface area (Å²) in [5.41, 5.74) is 5.05. The van der Waals surface area contributed by atoms with Gasteiger partial charge in [-0.3, -0.25) is 13.6 Å². The lowest BCUT2D eigenvalue weighted by Gasteiger charge is -2.32. The van der Waals surface area contributed by atoms with E-state index >= 15 is 0 Å². The number of phosphoric ester groups is 1. The van der Waals surface area contributed by atoms with Crippen molar-refractivity contribution >= 4 is 13.8 Å². The van der Waals surface area contributed by atoms with Crippen LogP contribution in [0.25, 0.3) is 0 Å². The third-order valence-electron chi connectivity index (χ3n) is 8.95. The van der Waals surface area contributed by atoms with Crippen LogP contribution >= 0.6 is 7.82 Å². The zero-order valence-electron chi connectivity index (χ0n) is 33.0. The van der Waals surface area contributed by atoms with Gasteiger partial charge in [0.15, 0.2) is 0 Å². The highest BCUT2D eigenvalue weighted by Crippen LogP contribution is 2.49. The predicted octanol–water partition coefficient (Wildman–Crippen LogP) is 11.6. The van der Waals surface area contributed by atoms with Gasteiger partial charge in [-0.2, -0.15) is 0 Å². The van der Waals surface area contributed by atoms with E-state index in [4.69, 9.17) is 18.3 Å². The molecule has 0 aromatic heterocycles. The largest absolute Gasteiger partial charge is 0.475 e. The summed E-state index contributed by atoms with van der Waals surface area (Å²) in [7, 11) is 2.35. The number of unbranched alkanes of at least 4 members (excludes halogenated alkanes) is 11. The van der Waals surface area contributed by atoms with Gasteiger partial charge < -0.3 is 9.22 Å². The first-order valence-electron chi connectivity index (χ1n) is 19.1. The van der Waals surface area contributed by atoms with Crippen molar-refractivity contribution in [3.05, 3.63) is 58.7 Å². The minimum absolute atomic E-state index is 0.0492. The first-order chi connectivity index (χ1) is 23.2. The molecule has 8 heteroatoms. The Morgan fingerprint density at radius 1 is 0.796 bits per heavy atom. The maximum absolute atomic E-state index is 13.3. The molecule has 282 valence electrons. The van der Waals surface area contributed by atoms with Crippen LogP contribution in [-0.4, -0.2) is 64.6 Å². The van der Waals surface area contributed by atoms with Crippen LogP contribution in [0.3, 0.4) is 0 Å². The van der Waals surface area contributed by atoms with Gasteiger partial charge in [-0.1, -0.05) is 133 Å². The van der Waals surface area contributed by atoms with Gasteiger partial charge in [0.05, 0.1) is 34.4 Å². The maximum atomic E-state index is 13.3. The van der Waals surface area contributed by atoms with Gasteiger partial charge in [-0.05, 0) is 63.0 Å². The Morgan fingerprint density at radius 2 is 1.37 bits per heavy atom. The summed E-state index contributed by atoms with van der Waals surface area (Å²) >= 11 is 0. The number of likely N-dealkylation sites (N-methyl/N-ethyl adjacent to an activating group) is 1. The van der Waals surface area contributed by atoms with Gasteiger partial charge in [0.2, 0.25) is 0 Å². The molecular formula is C41H73NO6P+. The minimum Gasteiger partial charge on any atom is -0.460 e. The predicted molar refractivity (Wildman–Crippen MR) is 207 cm³/mol. The van der Waals surface area contributed by atoms with E-state index in [2.05, 4.69) is 46.8 Å². The zero-order valence-corrected chi connectivity index (χ0v) is 33.8. The van der Waals surface area contributed by atoms with Crippen molar-refractivity contribution in [1.82, 2.24) is 0 Å². The molecule has 1 unspecified atom stereocenters. The van der Waals surface area contributed by atoms with E-state index in [9.17, 15) is 9.36 Å². The molecule has 1 aliphatic carbocycles. The molecular weight excluding hydrogens is 633 g/mol. The molecule has 0 spiro atoms. The van der Waals surface area contributed by atoms with Gasteiger partial charge in [-0.25, -0.2) is 9.36 Å². The van der Waals surface area contributed by atoms with Crippen LogP contribution in [0.2, 0.25) is 0 Å². The lowest BCUT2D eigenvalue weighted by Crippen LogP contribution is -2.37. The van der Waals surface area contributed by atoms with Crippen molar-refractivity contribution in [3.63, 3.8) is 0 Å². The summed E-state index contributed by atoms with van der Waals surface area (Å²) in [5, 5.41) is 0. The lowest BCUT2D eigenvalue weighted by molar-refractivity contribution is -0.870. The van der Waals surface area contributed by atoms with E-state index in [1.54, 1.807) is 0 Å². The third-order valence-corrected chi connectivity index (χ3v) is 10.5. The summed E-state index contributed by atoms with van der Waals surface area (Å²) in [6, 6.07) is 0. The molecule has 1 aliphatic rings. The molecule has 1 atom stereocenters. The van der Waals surface area contributed by atoms with E-state index in [1.807, 2.05) is 46.3 Å². The monoisotopic (exact) mass is 707 g/mol. The van der Waals surface area contributed by atoms with Crippen LogP contribution in [0.1, 0.15) is 138 Å². The van der Waals surface area contributed by atoms with Gasteiger partial charge in [0.25, 0.3) is 0 Å². The standard InChI is InChI=1S/C41H73NO6P/c1-10-11-12-13-14-15-16-17-18-19-20-21-31-46-49(44,47-32-30-42(7,8)9)48-34-33-45-40(43)35-37(3)25-22-24-36(2)27-28-39-38(4)26-23-29-41(39,5)6/h22,24-25,27-28,35H,10-21,23,26,29-34H2,1-9H3/q+1/b25-22+,28-27+,36-24+,37-35+. The topological polar surface area (TPSA) is 71.1 Å². The zero-order chi connectivity index (χ0) is 36.6. The Hall–Kier alpha value is -1.76. The maximum Gasteiger partial charge on any atom is 0.475 e. The molecule has 0 aliphatic heterocycles. The number of carbonyl (C=O) groups is 1. The number of nitrogens with zero attached hydrogens (tertiary/aromatic N) is 1. The molecule has 0 N–H and O–H groups in total. The van der Waals surface area contributed by atoms with Crippen molar-refractivity contribution in [1.29, 1.82) is 0 Å². The SMILES string of the molecule is CCCCCCCCCCCCCCOP(=O)(OCCOC(=O)/C=C(C)/C=C/C=C(C)/C=C/C1=C(C)CCCC1(C)C)OCC[N+](C)(C)C. The molecule has 0 aromatic carbocycles. The van der Waals surface area contributed by atoms with Crippen LogP contribution in [0.15, 0.2) is 58.7 Å². The Kier molecular flexibility index (Phi) is 23.3. The molecule has 7 nitrogen and oxygen atoms in total. The van der Waals surface area contributed by atoms with Crippen LogP contribution in [0.4, 0.5) is 0 Å². The quantitative estimate of drug-likeness (QED) is 0.0211. The molecule has 0 amide bonds. The van der Waals surface area contributed by atoms with Gasteiger partial charge >= 0.3 is 13.8 Å². The van der Waals surface area contributed by atoms with E-state index in [0.29, 0.717) is 17.6 Å². The van der Waals surface area contributed by atoms with Crippen molar-refractivity contribution in [2.45, 2.75) is 138 Å². The first kappa shape index (κ1) is 45.3. The van der Waals surface area contributed by atoms with Gasteiger partial charge in [0, 0.05) is 6.08 Å². The Bertz CT molecular complexity index is 1140. The second-order valence-electron chi connectivity index (χ2n) is 15.4. The second-order valence-corrected chi connectivity index (χ2v) is 17.1. The van der Waals surface area contributed by atoms with Gasteiger partial charge in [0.1, 0.15) is 19.8 Å². The Balaban J connectivity index is 2.45. The first-order valence-corrected chi connectivity index (χ1v) is 20.6. The Labute approximate surface area is 301 Å². The number of hydrogen-bond acceptors (Lipinski definition) is 6. The molecule has 49 heavy (non-hydrogen) atoms. The molecule has 0 fully saturated rings. The number of esters is 1. The molecule has 0 aromatic rings. The molecule has 1 rings (SSSR count). The van der Waals surface area contributed by atoms with E-state index < -0.39 is 13.8 Å². The summed E-state index contributed by atoms with van der Waals surface area (Å²) in [4.78, 5) is 12.4. The van der Waals surface area contributed by atoms with Crippen molar-refractivity contribution < 1.29 is 32.2 Å². The fourth-order valence-corrected chi connectivity index (χ4v) is 7.04. The molecule has 0 bridgehead atoms. The molecule has 0 heterocycles. The average Bonchev–Trinajstić information content (AvgIpc) is 3.00. The lowest BCUT2D eigenvalue weighted by atomic mass is 9.72. The van der Waals surface area contributed by atoms with Crippen LogP contribution in [-0.2, 0) is 27.7 Å². The second kappa shape index (κ2) is 25.2. The number of allylic oxidation sites excluding steroid dienone is 9. The van der Waals surface area contributed by atoms with Crippen LogP contribution < -0.4 is 0 Å². The third kappa shape index (κ3) is 23.4.